The van der Waals surface area contributed by atoms with E-state index in [4.69, 9.17) is 5.26 Å². The molecule has 4 nitrogen and oxygen atoms in total. The Kier molecular flexibility index (Phi) is 5.27. The highest BCUT2D eigenvalue weighted by Crippen LogP contribution is 2.10. The minimum atomic E-state index is -0.299. The molecule has 16 heavy (non-hydrogen) atoms. The molecule has 0 radical (unpaired) electrons. The zero-order valence-corrected chi connectivity index (χ0v) is 10.2. The third kappa shape index (κ3) is 3.49. The Labute approximate surface area is 97.6 Å². The molecule has 1 rings (SSSR count). The van der Waals surface area contributed by atoms with E-state index in [1.807, 2.05) is 4.90 Å². The van der Waals surface area contributed by atoms with Gasteiger partial charge >= 0.3 is 0 Å². The number of rotatable bonds is 4. The topological polar surface area (TPSA) is 56.1 Å². The molecule has 1 N–H and O–H groups in total. The fourth-order valence-corrected chi connectivity index (χ4v) is 1.98. The van der Waals surface area contributed by atoms with Gasteiger partial charge in [0.25, 0.3) is 0 Å². The van der Waals surface area contributed by atoms with Crippen molar-refractivity contribution in [3.05, 3.63) is 0 Å². The molecule has 0 aromatic rings. The second kappa shape index (κ2) is 6.49. The lowest BCUT2D eigenvalue weighted by Crippen LogP contribution is -2.43. The van der Waals surface area contributed by atoms with E-state index >= 15 is 0 Å². The van der Waals surface area contributed by atoms with Crippen molar-refractivity contribution in [2.75, 3.05) is 19.6 Å². The van der Waals surface area contributed by atoms with E-state index in [-0.39, 0.29) is 18.4 Å². The Balaban J connectivity index is 2.64. The predicted octanol–water partition coefficient (Wildman–Crippen LogP) is 1.14. The molecule has 1 aliphatic rings. The standard InChI is InChI=1S/C12H21N3O/c1-3-4-7-15-9-10(2)8-14-11(5-6-13)12(15)16/h10-11,14H,3-5,7-9H2,1-2H3. The van der Waals surface area contributed by atoms with Crippen molar-refractivity contribution < 1.29 is 4.79 Å². The lowest BCUT2D eigenvalue weighted by molar-refractivity contribution is -0.132. The summed E-state index contributed by atoms with van der Waals surface area (Å²) >= 11 is 0. The van der Waals surface area contributed by atoms with Gasteiger partial charge in [0.1, 0.15) is 0 Å². The van der Waals surface area contributed by atoms with E-state index in [1.165, 1.54) is 0 Å². The van der Waals surface area contributed by atoms with Gasteiger partial charge in [-0.15, -0.1) is 0 Å². The molecule has 1 aliphatic heterocycles. The summed E-state index contributed by atoms with van der Waals surface area (Å²) in [5.74, 6) is 0.559. The Hall–Kier alpha value is -1.08. The van der Waals surface area contributed by atoms with Crippen molar-refractivity contribution in [1.82, 2.24) is 10.2 Å². The lowest BCUT2D eigenvalue weighted by Gasteiger charge is -2.24. The van der Waals surface area contributed by atoms with Crippen molar-refractivity contribution in [3.63, 3.8) is 0 Å². The van der Waals surface area contributed by atoms with Gasteiger partial charge in [0.2, 0.25) is 5.91 Å². The minimum Gasteiger partial charge on any atom is -0.341 e. The average Bonchev–Trinajstić information content (AvgIpc) is 2.40. The summed E-state index contributed by atoms with van der Waals surface area (Å²) < 4.78 is 0. The quantitative estimate of drug-likeness (QED) is 0.777. The zero-order valence-electron chi connectivity index (χ0n) is 10.2. The molecule has 1 saturated heterocycles. The highest BCUT2D eigenvalue weighted by atomic mass is 16.2. The second-order valence-electron chi connectivity index (χ2n) is 4.57. The first kappa shape index (κ1) is 13.0. The smallest absolute Gasteiger partial charge is 0.240 e. The first-order valence-corrected chi connectivity index (χ1v) is 6.08. The summed E-state index contributed by atoms with van der Waals surface area (Å²) in [7, 11) is 0. The van der Waals surface area contributed by atoms with Crippen LogP contribution in [0.1, 0.15) is 33.1 Å². The van der Waals surface area contributed by atoms with Crippen molar-refractivity contribution >= 4 is 5.91 Å². The van der Waals surface area contributed by atoms with Gasteiger partial charge in [-0.25, -0.2) is 0 Å². The number of hydrogen-bond acceptors (Lipinski definition) is 3. The number of amides is 1. The molecule has 0 aromatic heterocycles. The molecule has 0 aliphatic carbocycles. The molecular weight excluding hydrogens is 202 g/mol. The van der Waals surface area contributed by atoms with E-state index in [0.717, 1.165) is 32.5 Å². The molecule has 0 saturated carbocycles. The van der Waals surface area contributed by atoms with Crippen LogP contribution in [0.15, 0.2) is 0 Å². The maximum absolute atomic E-state index is 12.1. The molecule has 4 heteroatoms. The van der Waals surface area contributed by atoms with Crippen molar-refractivity contribution in [1.29, 1.82) is 5.26 Å². The number of unbranched alkanes of at least 4 members (excludes halogenated alkanes) is 1. The van der Waals surface area contributed by atoms with Crippen LogP contribution in [-0.4, -0.2) is 36.5 Å². The number of nitrogens with one attached hydrogen (secondary N) is 1. The number of nitriles is 1. The Morgan fingerprint density at radius 2 is 2.38 bits per heavy atom. The number of nitrogens with zero attached hydrogens (tertiary/aromatic N) is 2. The van der Waals surface area contributed by atoms with Crippen LogP contribution >= 0.6 is 0 Å². The van der Waals surface area contributed by atoms with Gasteiger partial charge in [-0.2, -0.15) is 5.26 Å². The normalized spacial score (nSPS) is 26.3. The highest BCUT2D eigenvalue weighted by Gasteiger charge is 2.28. The maximum Gasteiger partial charge on any atom is 0.240 e. The molecule has 2 unspecified atom stereocenters. The van der Waals surface area contributed by atoms with Crippen LogP contribution in [0, 0.1) is 17.2 Å². The average molecular weight is 223 g/mol. The fourth-order valence-electron chi connectivity index (χ4n) is 1.98. The largest absolute Gasteiger partial charge is 0.341 e. The minimum absolute atomic E-state index is 0.0966. The van der Waals surface area contributed by atoms with Crippen LogP contribution in [0.4, 0.5) is 0 Å². The number of carbonyl (C=O) groups is 1. The zero-order chi connectivity index (χ0) is 12.0. The highest BCUT2D eigenvalue weighted by molar-refractivity contribution is 5.82. The molecule has 2 atom stereocenters. The Morgan fingerprint density at radius 3 is 3.00 bits per heavy atom. The van der Waals surface area contributed by atoms with Gasteiger partial charge in [-0.05, 0) is 12.3 Å². The summed E-state index contributed by atoms with van der Waals surface area (Å²) in [5, 5.41) is 11.9. The lowest BCUT2D eigenvalue weighted by atomic mass is 10.1. The predicted molar refractivity (Wildman–Crippen MR) is 62.7 cm³/mol. The summed E-state index contributed by atoms with van der Waals surface area (Å²) in [4.78, 5) is 14.0. The third-order valence-electron chi connectivity index (χ3n) is 2.93. The van der Waals surface area contributed by atoms with Crippen LogP contribution in [0.5, 0.6) is 0 Å². The van der Waals surface area contributed by atoms with Gasteiger partial charge in [-0.1, -0.05) is 20.3 Å². The third-order valence-corrected chi connectivity index (χ3v) is 2.93. The van der Waals surface area contributed by atoms with E-state index in [2.05, 4.69) is 25.2 Å². The van der Waals surface area contributed by atoms with Crippen LogP contribution in [-0.2, 0) is 4.79 Å². The van der Waals surface area contributed by atoms with E-state index < -0.39 is 0 Å². The van der Waals surface area contributed by atoms with Gasteiger partial charge in [-0.3, -0.25) is 4.79 Å². The molecule has 0 bridgehead atoms. The van der Waals surface area contributed by atoms with Gasteiger partial charge < -0.3 is 10.2 Å². The number of hydrogen-bond donors (Lipinski definition) is 1. The second-order valence-corrected chi connectivity index (χ2v) is 4.57. The van der Waals surface area contributed by atoms with Crippen molar-refractivity contribution in [2.45, 2.75) is 39.2 Å². The van der Waals surface area contributed by atoms with Crippen LogP contribution < -0.4 is 5.32 Å². The molecule has 0 spiro atoms. The first-order valence-electron chi connectivity index (χ1n) is 6.08. The summed E-state index contributed by atoms with van der Waals surface area (Å²) in [6.07, 6.45) is 2.40. The van der Waals surface area contributed by atoms with E-state index in [9.17, 15) is 4.79 Å². The van der Waals surface area contributed by atoms with E-state index in [1.54, 1.807) is 0 Å². The van der Waals surface area contributed by atoms with Gasteiger partial charge in [0.05, 0.1) is 18.5 Å². The van der Waals surface area contributed by atoms with E-state index in [0.29, 0.717) is 5.92 Å². The molecule has 90 valence electrons. The molecule has 1 heterocycles. The van der Waals surface area contributed by atoms with Crippen molar-refractivity contribution in [2.24, 2.45) is 5.92 Å². The van der Waals surface area contributed by atoms with Crippen molar-refractivity contribution in [3.8, 4) is 6.07 Å². The summed E-state index contributed by atoms with van der Waals surface area (Å²) in [5.41, 5.74) is 0. The SMILES string of the molecule is CCCCN1CC(C)CNC(CC#N)C1=O. The molecule has 0 aromatic carbocycles. The monoisotopic (exact) mass is 223 g/mol. The Morgan fingerprint density at radius 1 is 1.62 bits per heavy atom. The number of carbonyl (C=O) groups excluding carboxylic acids is 1. The van der Waals surface area contributed by atoms with Crippen LogP contribution in [0.3, 0.4) is 0 Å². The first-order chi connectivity index (χ1) is 7.69. The Bertz CT molecular complexity index is 272. The van der Waals surface area contributed by atoms with Gasteiger partial charge in [0.15, 0.2) is 0 Å². The van der Waals surface area contributed by atoms with Gasteiger partial charge in [0, 0.05) is 19.6 Å². The molecule has 1 amide bonds. The summed E-state index contributed by atoms with van der Waals surface area (Å²) in [6.45, 7) is 6.71. The van der Waals surface area contributed by atoms with Crippen LogP contribution in [0.2, 0.25) is 0 Å². The molecular formula is C12H21N3O. The maximum atomic E-state index is 12.1. The fraction of sp³-hybridized carbons (Fsp3) is 0.833. The summed E-state index contributed by atoms with van der Waals surface area (Å²) in [6, 6.07) is 1.78. The van der Waals surface area contributed by atoms with Crippen LogP contribution in [0.25, 0.3) is 0 Å². The molecule has 1 fully saturated rings.